The molecule has 0 unspecified atom stereocenters. The topological polar surface area (TPSA) is 191 Å². The normalized spacial score (nSPS) is 13.8. The number of nitrogens with one attached hydrogen (secondary N) is 4. The van der Waals surface area contributed by atoms with Crippen LogP contribution in [-0.4, -0.2) is 69.9 Å². The van der Waals surface area contributed by atoms with Gasteiger partial charge in [-0.2, -0.15) is 0 Å². The highest BCUT2D eigenvalue weighted by Crippen LogP contribution is 2.11. The second-order valence-corrected chi connectivity index (χ2v) is 12.2. The number of carboxylic acid groups (broad SMARTS) is 2. The molecule has 0 heterocycles. The summed E-state index contributed by atoms with van der Waals surface area (Å²) in [7, 11) is 0. The molecule has 0 aliphatic rings. The standard InChI is InChI=1S/C33H52N4O8/c1-6-7-8-9-13-16-27(38)37-29(22(4)5)32(43)35-25(20-23-14-11-10-12-15-23)31(42)34-24(17-18-28(39)40)30(41)36-26(33(44)45)19-21(2)3/h10-12,14-15,21-22,24-26,29H,6-9,13,16-20H2,1-5H3,(H,34,42)(H,35,43)(H,36,41)(H,37,38)(H,39,40)(H,44,45)/t24-,25-,26-,29-/m0/s1. The van der Waals surface area contributed by atoms with E-state index in [0.717, 1.165) is 25.7 Å². The van der Waals surface area contributed by atoms with Crippen molar-refractivity contribution in [3.63, 3.8) is 0 Å². The number of rotatable bonds is 22. The molecule has 6 N–H and O–H groups in total. The SMILES string of the molecule is CCCCCCCC(=O)N[C@H](C(=O)N[C@@H](Cc1ccccc1)C(=O)N[C@@H](CCC(=O)O)C(=O)N[C@@H](CC(C)C)C(=O)O)C(C)C. The molecule has 1 aromatic rings. The van der Waals surface area contributed by atoms with E-state index in [9.17, 15) is 39.0 Å². The minimum absolute atomic E-state index is 0.0486. The van der Waals surface area contributed by atoms with Crippen molar-refractivity contribution in [2.45, 2.75) is 123 Å². The molecule has 252 valence electrons. The van der Waals surface area contributed by atoms with E-state index in [-0.39, 0.29) is 43.4 Å². The summed E-state index contributed by atoms with van der Waals surface area (Å²) in [6.07, 6.45) is 4.55. The zero-order chi connectivity index (χ0) is 33.9. The molecule has 0 saturated carbocycles. The molecule has 0 bridgehead atoms. The predicted octanol–water partition coefficient (Wildman–Crippen LogP) is 3.18. The van der Waals surface area contributed by atoms with Gasteiger partial charge in [-0.25, -0.2) is 4.79 Å². The summed E-state index contributed by atoms with van der Waals surface area (Å²) in [6, 6.07) is 4.17. The molecule has 0 fully saturated rings. The summed E-state index contributed by atoms with van der Waals surface area (Å²) in [5.74, 6) is -5.23. The average Bonchev–Trinajstić information content (AvgIpc) is 2.96. The minimum atomic E-state index is -1.37. The van der Waals surface area contributed by atoms with Crippen LogP contribution in [0.1, 0.15) is 98.0 Å². The van der Waals surface area contributed by atoms with Crippen LogP contribution < -0.4 is 21.3 Å². The fourth-order valence-electron chi connectivity index (χ4n) is 4.76. The highest BCUT2D eigenvalue weighted by Gasteiger charge is 2.32. The summed E-state index contributed by atoms with van der Waals surface area (Å²) in [4.78, 5) is 75.9. The molecular formula is C33H52N4O8. The summed E-state index contributed by atoms with van der Waals surface area (Å²) < 4.78 is 0. The van der Waals surface area contributed by atoms with Crippen LogP contribution in [0.15, 0.2) is 30.3 Å². The van der Waals surface area contributed by atoms with E-state index in [1.807, 2.05) is 0 Å². The van der Waals surface area contributed by atoms with Crippen LogP contribution in [0, 0.1) is 11.8 Å². The molecule has 4 atom stereocenters. The van der Waals surface area contributed by atoms with Crippen molar-refractivity contribution >= 4 is 35.6 Å². The Bertz CT molecular complexity index is 1110. The maximum atomic E-state index is 13.6. The van der Waals surface area contributed by atoms with Gasteiger partial charge in [0.1, 0.15) is 24.2 Å². The van der Waals surface area contributed by atoms with Crippen LogP contribution in [0.2, 0.25) is 0 Å². The lowest BCUT2D eigenvalue weighted by molar-refractivity contribution is -0.143. The van der Waals surface area contributed by atoms with Crippen molar-refractivity contribution in [1.82, 2.24) is 21.3 Å². The largest absolute Gasteiger partial charge is 0.481 e. The number of hydrogen-bond acceptors (Lipinski definition) is 6. The van der Waals surface area contributed by atoms with Gasteiger partial charge in [-0.15, -0.1) is 0 Å². The lowest BCUT2D eigenvalue weighted by atomic mass is 10.00. The third-order valence-electron chi connectivity index (χ3n) is 7.29. The van der Waals surface area contributed by atoms with E-state index in [1.54, 1.807) is 58.0 Å². The van der Waals surface area contributed by atoms with Gasteiger partial charge < -0.3 is 31.5 Å². The van der Waals surface area contributed by atoms with Crippen LogP contribution in [0.3, 0.4) is 0 Å². The number of unbranched alkanes of at least 4 members (excludes halogenated alkanes) is 4. The Hall–Kier alpha value is -3.96. The number of benzene rings is 1. The van der Waals surface area contributed by atoms with Gasteiger partial charge in [-0.05, 0) is 36.7 Å². The van der Waals surface area contributed by atoms with Gasteiger partial charge in [0.2, 0.25) is 23.6 Å². The first kappa shape index (κ1) is 39.1. The second kappa shape index (κ2) is 20.9. The van der Waals surface area contributed by atoms with Gasteiger partial charge in [0.15, 0.2) is 0 Å². The number of amides is 4. The Morgan fingerprint density at radius 2 is 1.27 bits per heavy atom. The summed E-state index contributed by atoms with van der Waals surface area (Å²) in [5.41, 5.74) is 0.713. The van der Waals surface area contributed by atoms with Crippen LogP contribution in [0.5, 0.6) is 0 Å². The Labute approximate surface area is 266 Å². The zero-order valence-electron chi connectivity index (χ0n) is 27.3. The molecule has 0 aliphatic carbocycles. The van der Waals surface area contributed by atoms with E-state index in [1.165, 1.54) is 0 Å². The molecular weight excluding hydrogens is 580 g/mol. The molecule has 45 heavy (non-hydrogen) atoms. The van der Waals surface area contributed by atoms with Crippen molar-refractivity contribution < 1.29 is 39.0 Å². The second-order valence-electron chi connectivity index (χ2n) is 12.2. The van der Waals surface area contributed by atoms with Crippen molar-refractivity contribution in [3.05, 3.63) is 35.9 Å². The first-order valence-electron chi connectivity index (χ1n) is 15.9. The molecule has 0 spiro atoms. The summed E-state index contributed by atoms with van der Waals surface area (Å²) in [5, 5.41) is 29.3. The molecule has 1 aromatic carbocycles. The van der Waals surface area contributed by atoms with Crippen molar-refractivity contribution in [3.8, 4) is 0 Å². The van der Waals surface area contributed by atoms with E-state index in [0.29, 0.717) is 12.0 Å². The van der Waals surface area contributed by atoms with Gasteiger partial charge in [0.25, 0.3) is 0 Å². The molecule has 0 aromatic heterocycles. The van der Waals surface area contributed by atoms with E-state index in [2.05, 4.69) is 28.2 Å². The molecule has 1 rings (SSSR count). The third kappa shape index (κ3) is 16.1. The molecule has 0 saturated heterocycles. The van der Waals surface area contributed by atoms with Crippen LogP contribution in [0.25, 0.3) is 0 Å². The summed E-state index contributed by atoms with van der Waals surface area (Å²) >= 11 is 0. The highest BCUT2D eigenvalue weighted by atomic mass is 16.4. The van der Waals surface area contributed by atoms with E-state index < -0.39 is 60.2 Å². The third-order valence-corrected chi connectivity index (χ3v) is 7.29. The number of aliphatic carboxylic acids is 2. The number of hydrogen-bond donors (Lipinski definition) is 6. The number of carbonyl (C=O) groups excluding carboxylic acids is 4. The fourth-order valence-corrected chi connectivity index (χ4v) is 4.76. The quantitative estimate of drug-likeness (QED) is 0.105. The molecule has 4 amide bonds. The monoisotopic (exact) mass is 632 g/mol. The van der Waals surface area contributed by atoms with Gasteiger partial charge in [0, 0.05) is 19.3 Å². The Morgan fingerprint density at radius 3 is 1.82 bits per heavy atom. The van der Waals surface area contributed by atoms with Gasteiger partial charge in [-0.3, -0.25) is 24.0 Å². The maximum absolute atomic E-state index is 13.6. The lowest BCUT2D eigenvalue weighted by Crippen LogP contribution is -2.59. The Morgan fingerprint density at radius 1 is 0.689 bits per heavy atom. The highest BCUT2D eigenvalue weighted by molar-refractivity contribution is 5.95. The first-order valence-corrected chi connectivity index (χ1v) is 15.9. The Kier molecular flexibility index (Phi) is 18.1. The summed E-state index contributed by atoms with van der Waals surface area (Å²) in [6.45, 7) is 9.25. The van der Waals surface area contributed by atoms with Crippen LogP contribution in [0.4, 0.5) is 0 Å². The van der Waals surface area contributed by atoms with Crippen LogP contribution >= 0.6 is 0 Å². The average molecular weight is 633 g/mol. The fraction of sp³-hybridized carbons (Fsp3) is 0.636. The molecule has 12 heteroatoms. The van der Waals surface area contributed by atoms with Crippen molar-refractivity contribution in [2.75, 3.05) is 0 Å². The van der Waals surface area contributed by atoms with Gasteiger partial charge >= 0.3 is 11.9 Å². The first-order chi connectivity index (χ1) is 21.2. The molecule has 12 nitrogen and oxygen atoms in total. The zero-order valence-corrected chi connectivity index (χ0v) is 27.3. The van der Waals surface area contributed by atoms with Gasteiger partial charge in [-0.1, -0.05) is 90.6 Å². The Balaban J connectivity index is 3.16. The van der Waals surface area contributed by atoms with E-state index in [4.69, 9.17) is 0 Å². The minimum Gasteiger partial charge on any atom is -0.481 e. The maximum Gasteiger partial charge on any atom is 0.326 e. The lowest BCUT2D eigenvalue weighted by Gasteiger charge is -2.27. The smallest absolute Gasteiger partial charge is 0.326 e. The van der Waals surface area contributed by atoms with E-state index >= 15 is 0 Å². The van der Waals surface area contributed by atoms with Crippen molar-refractivity contribution in [2.24, 2.45) is 11.8 Å². The predicted molar refractivity (Wildman–Crippen MR) is 170 cm³/mol. The van der Waals surface area contributed by atoms with Gasteiger partial charge in [0.05, 0.1) is 0 Å². The van der Waals surface area contributed by atoms with Crippen molar-refractivity contribution in [1.29, 1.82) is 0 Å². The number of carboxylic acids is 2. The molecule has 0 aliphatic heterocycles. The molecule has 0 radical (unpaired) electrons. The van der Waals surface area contributed by atoms with Crippen LogP contribution in [-0.2, 0) is 35.2 Å². The number of carbonyl (C=O) groups is 6.